The lowest BCUT2D eigenvalue weighted by atomic mass is 10.0. The summed E-state index contributed by atoms with van der Waals surface area (Å²) in [6.07, 6.45) is 2.96. The van der Waals surface area contributed by atoms with E-state index in [9.17, 15) is 0 Å². The largest absolute Gasteiger partial charge is 0.463 e. The third kappa shape index (κ3) is 1.83. The van der Waals surface area contributed by atoms with Crippen molar-refractivity contribution in [3.63, 3.8) is 0 Å². The van der Waals surface area contributed by atoms with Gasteiger partial charge >= 0.3 is 0 Å². The zero-order valence-corrected chi connectivity index (χ0v) is 8.53. The Labute approximate surface area is 84.2 Å². The van der Waals surface area contributed by atoms with E-state index < -0.39 is 0 Å². The monoisotopic (exact) mass is 195 g/mol. The van der Waals surface area contributed by atoms with Gasteiger partial charge in [0.15, 0.2) is 0 Å². The molecule has 0 bridgehead atoms. The molecule has 1 aromatic heterocycles. The molecule has 2 atom stereocenters. The third-order valence-electron chi connectivity index (χ3n) is 2.68. The summed E-state index contributed by atoms with van der Waals surface area (Å²) in [6.45, 7) is 2.87. The van der Waals surface area contributed by atoms with Crippen LogP contribution in [-0.2, 0) is 11.2 Å². The van der Waals surface area contributed by atoms with Crippen molar-refractivity contribution in [1.82, 2.24) is 0 Å². The summed E-state index contributed by atoms with van der Waals surface area (Å²) in [6, 6.07) is 4.06. The van der Waals surface area contributed by atoms with Crippen LogP contribution in [0.15, 0.2) is 16.5 Å². The molecule has 1 aliphatic rings. The summed E-state index contributed by atoms with van der Waals surface area (Å²) in [5, 5.41) is 0. The van der Waals surface area contributed by atoms with Crippen LogP contribution < -0.4 is 5.73 Å². The second-order valence-electron chi connectivity index (χ2n) is 3.76. The standard InChI is InChI=1S/C11H17NO2/c1-2-8-5-6-10(14-8)11-9(12)4-3-7-13-11/h5-6,9,11H,2-4,7,12H2,1H3. The lowest BCUT2D eigenvalue weighted by molar-refractivity contribution is -0.0129. The minimum absolute atomic E-state index is 0.0379. The number of aryl methyl sites for hydroxylation is 1. The van der Waals surface area contributed by atoms with Gasteiger partial charge in [-0.2, -0.15) is 0 Å². The molecule has 14 heavy (non-hydrogen) atoms. The summed E-state index contributed by atoms with van der Waals surface area (Å²) in [4.78, 5) is 0. The molecule has 1 aliphatic heterocycles. The Balaban J connectivity index is 2.12. The molecule has 78 valence electrons. The zero-order chi connectivity index (χ0) is 9.97. The number of furan rings is 1. The topological polar surface area (TPSA) is 48.4 Å². The van der Waals surface area contributed by atoms with Gasteiger partial charge in [-0.25, -0.2) is 0 Å². The van der Waals surface area contributed by atoms with Crippen LogP contribution in [0.3, 0.4) is 0 Å². The van der Waals surface area contributed by atoms with Crippen LogP contribution in [0.5, 0.6) is 0 Å². The highest BCUT2D eigenvalue weighted by Crippen LogP contribution is 2.28. The van der Waals surface area contributed by atoms with E-state index in [1.165, 1.54) is 0 Å². The van der Waals surface area contributed by atoms with Gasteiger partial charge in [-0.1, -0.05) is 6.92 Å². The maximum Gasteiger partial charge on any atom is 0.134 e. The molecule has 0 saturated carbocycles. The minimum Gasteiger partial charge on any atom is -0.463 e. The molecule has 3 heteroatoms. The Kier molecular flexibility index (Phi) is 2.89. The summed E-state index contributed by atoms with van der Waals surface area (Å²) in [5.74, 6) is 1.88. The minimum atomic E-state index is -0.0379. The van der Waals surface area contributed by atoms with Gasteiger partial charge < -0.3 is 14.9 Å². The molecule has 1 fully saturated rings. The van der Waals surface area contributed by atoms with Gasteiger partial charge in [0, 0.05) is 19.1 Å². The first-order valence-corrected chi connectivity index (χ1v) is 5.27. The van der Waals surface area contributed by atoms with E-state index in [1.807, 2.05) is 12.1 Å². The first kappa shape index (κ1) is 9.74. The van der Waals surface area contributed by atoms with Gasteiger partial charge in [-0.3, -0.25) is 0 Å². The fraction of sp³-hybridized carbons (Fsp3) is 0.636. The molecule has 2 unspecified atom stereocenters. The predicted octanol–water partition coefficient (Wildman–Crippen LogP) is 2.02. The Hall–Kier alpha value is -0.800. The van der Waals surface area contributed by atoms with E-state index in [2.05, 4.69) is 6.92 Å². The fourth-order valence-electron chi connectivity index (χ4n) is 1.83. The van der Waals surface area contributed by atoms with Gasteiger partial charge in [0.05, 0.1) is 0 Å². The molecule has 0 spiro atoms. The van der Waals surface area contributed by atoms with E-state index in [0.29, 0.717) is 0 Å². The van der Waals surface area contributed by atoms with Crippen molar-refractivity contribution in [3.05, 3.63) is 23.7 Å². The molecule has 1 aromatic rings. The van der Waals surface area contributed by atoms with Crippen molar-refractivity contribution in [3.8, 4) is 0 Å². The number of hydrogen-bond donors (Lipinski definition) is 1. The van der Waals surface area contributed by atoms with Crippen LogP contribution in [0.4, 0.5) is 0 Å². The second kappa shape index (κ2) is 4.15. The maximum absolute atomic E-state index is 5.98. The third-order valence-corrected chi connectivity index (χ3v) is 2.68. The van der Waals surface area contributed by atoms with Crippen molar-refractivity contribution in [2.45, 2.75) is 38.3 Å². The van der Waals surface area contributed by atoms with Crippen LogP contribution in [0.2, 0.25) is 0 Å². The summed E-state index contributed by atoms with van der Waals surface area (Å²) >= 11 is 0. The second-order valence-corrected chi connectivity index (χ2v) is 3.76. The lowest BCUT2D eigenvalue weighted by Crippen LogP contribution is -2.34. The van der Waals surface area contributed by atoms with Crippen molar-refractivity contribution in [2.24, 2.45) is 5.73 Å². The van der Waals surface area contributed by atoms with E-state index in [-0.39, 0.29) is 12.1 Å². The first-order chi connectivity index (χ1) is 6.81. The molecular formula is C11H17NO2. The Bertz CT molecular complexity index is 295. The van der Waals surface area contributed by atoms with Gasteiger partial charge in [0.25, 0.3) is 0 Å². The Morgan fingerprint density at radius 1 is 1.50 bits per heavy atom. The zero-order valence-electron chi connectivity index (χ0n) is 8.53. The average Bonchev–Trinajstić information content (AvgIpc) is 2.67. The van der Waals surface area contributed by atoms with Crippen LogP contribution in [-0.4, -0.2) is 12.6 Å². The highest BCUT2D eigenvalue weighted by Gasteiger charge is 2.26. The molecule has 0 amide bonds. The predicted molar refractivity (Wildman–Crippen MR) is 54.0 cm³/mol. The Morgan fingerprint density at radius 2 is 2.36 bits per heavy atom. The molecule has 2 N–H and O–H groups in total. The summed E-state index contributed by atoms with van der Waals surface area (Å²) in [7, 11) is 0. The molecule has 3 nitrogen and oxygen atoms in total. The van der Waals surface area contributed by atoms with Gasteiger partial charge in [-0.05, 0) is 25.0 Å². The molecular weight excluding hydrogens is 178 g/mol. The normalized spacial score (nSPS) is 27.9. The number of nitrogens with two attached hydrogens (primary N) is 1. The van der Waals surface area contributed by atoms with E-state index in [4.69, 9.17) is 14.9 Å². The van der Waals surface area contributed by atoms with Crippen molar-refractivity contribution < 1.29 is 9.15 Å². The molecule has 2 heterocycles. The number of hydrogen-bond acceptors (Lipinski definition) is 3. The van der Waals surface area contributed by atoms with Crippen LogP contribution in [0.1, 0.15) is 37.4 Å². The molecule has 2 rings (SSSR count). The smallest absolute Gasteiger partial charge is 0.134 e. The maximum atomic E-state index is 5.98. The van der Waals surface area contributed by atoms with Crippen LogP contribution in [0.25, 0.3) is 0 Å². The van der Waals surface area contributed by atoms with Crippen molar-refractivity contribution >= 4 is 0 Å². The van der Waals surface area contributed by atoms with Crippen LogP contribution >= 0.6 is 0 Å². The fourth-order valence-corrected chi connectivity index (χ4v) is 1.83. The van der Waals surface area contributed by atoms with Gasteiger partial charge in [0.1, 0.15) is 17.6 Å². The van der Waals surface area contributed by atoms with Gasteiger partial charge in [0.2, 0.25) is 0 Å². The summed E-state index contributed by atoms with van der Waals surface area (Å²) < 4.78 is 11.3. The molecule has 0 aromatic carbocycles. The highest BCUT2D eigenvalue weighted by molar-refractivity contribution is 5.11. The Morgan fingerprint density at radius 3 is 3.00 bits per heavy atom. The highest BCUT2D eigenvalue weighted by atomic mass is 16.5. The van der Waals surface area contributed by atoms with Gasteiger partial charge in [-0.15, -0.1) is 0 Å². The number of rotatable bonds is 2. The lowest BCUT2D eigenvalue weighted by Gasteiger charge is -2.27. The van der Waals surface area contributed by atoms with Crippen molar-refractivity contribution in [1.29, 1.82) is 0 Å². The van der Waals surface area contributed by atoms with E-state index >= 15 is 0 Å². The van der Waals surface area contributed by atoms with E-state index in [1.54, 1.807) is 0 Å². The summed E-state index contributed by atoms with van der Waals surface area (Å²) in [5.41, 5.74) is 5.98. The number of ether oxygens (including phenoxy) is 1. The average molecular weight is 195 g/mol. The molecule has 0 radical (unpaired) electrons. The molecule has 0 aliphatic carbocycles. The quantitative estimate of drug-likeness (QED) is 0.785. The van der Waals surface area contributed by atoms with Crippen molar-refractivity contribution in [2.75, 3.05) is 6.61 Å². The SMILES string of the molecule is CCc1ccc(C2OCCCC2N)o1. The molecule has 1 saturated heterocycles. The van der Waals surface area contributed by atoms with E-state index in [0.717, 1.165) is 37.4 Å². The first-order valence-electron chi connectivity index (χ1n) is 5.27. The van der Waals surface area contributed by atoms with Crippen LogP contribution in [0, 0.1) is 0 Å².